The molecule has 0 saturated carbocycles. The second kappa shape index (κ2) is 7.64. The molecule has 0 radical (unpaired) electrons. The van der Waals surface area contributed by atoms with Gasteiger partial charge in [-0.2, -0.15) is 13.2 Å². The molecule has 156 valence electrons. The third-order valence-corrected chi connectivity index (χ3v) is 5.76. The van der Waals surface area contributed by atoms with Gasteiger partial charge in [-0.25, -0.2) is 0 Å². The van der Waals surface area contributed by atoms with E-state index in [-0.39, 0.29) is 11.6 Å². The van der Waals surface area contributed by atoms with Crippen molar-refractivity contribution in [3.63, 3.8) is 0 Å². The zero-order valence-corrected chi connectivity index (χ0v) is 15.9. The molecule has 1 atom stereocenters. The summed E-state index contributed by atoms with van der Waals surface area (Å²) < 4.78 is 41.1. The summed E-state index contributed by atoms with van der Waals surface area (Å²) in [5.74, 6) is 1.92. The number of hydrogen-bond donors (Lipinski definition) is 0. The lowest BCUT2D eigenvalue weighted by Crippen LogP contribution is -2.36. The van der Waals surface area contributed by atoms with Crippen LogP contribution in [-0.4, -0.2) is 32.8 Å². The van der Waals surface area contributed by atoms with Gasteiger partial charge in [0.1, 0.15) is 17.3 Å². The normalized spacial score (nSPS) is 20.2. The Morgan fingerprint density at radius 2 is 1.93 bits per heavy atom. The Balaban J connectivity index is 1.62. The molecule has 2 aromatic rings. The van der Waals surface area contributed by atoms with Gasteiger partial charge in [-0.05, 0) is 37.8 Å². The molecular weight excluding hydrogens is 387 g/mol. The van der Waals surface area contributed by atoms with Crippen molar-refractivity contribution < 1.29 is 18.1 Å². The largest absolute Gasteiger partial charge is 0.416 e. The summed E-state index contributed by atoms with van der Waals surface area (Å²) in [4.78, 5) is 12.5. The first-order chi connectivity index (χ1) is 13.8. The van der Waals surface area contributed by atoms with Crippen molar-refractivity contribution in [3.05, 3.63) is 45.5 Å². The highest BCUT2D eigenvalue weighted by molar-refractivity contribution is 5.65. The van der Waals surface area contributed by atoms with Crippen molar-refractivity contribution in [3.8, 4) is 0 Å². The minimum atomic E-state index is -4.62. The molecular formula is C19H22F3N5O2. The molecule has 1 saturated heterocycles. The topological polar surface area (TPSA) is 77.1 Å². The highest BCUT2D eigenvalue weighted by Gasteiger charge is 2.35. The van der Waals surface area contributed by atoms with Crippen LogP contribution in [0.25, 0.3) is 0 Å². The van der Waals surface area contributed by atoms with Gasteiger partial charge >= 0.3 is 6.18 Å². The predicted molar refractivity (Wildman–Crippen MR) is 99.9 cm³/mol. The molecule has 0 spiro atoms. The molecule has 2 aliphatic heterocycles. The zero-order chi connectivity index (χ0) is 20.6. The van der Waals surface area contributed by atoms with Gasteiger partial charge < -0.3 is 9.47 Å². The maximum Gasteiger partial charge on any atom is 0.416 e. The van der Waals surface area contributed by atoms with Crippen molar-refractivity contribution in [2.75, 3.05) is 18.0 Å². The van der Waals surface area contributed by atoms with Gasteiger partial charge in [0, 0.05) is 38.0 Å². The van der Waals surface area contributed by atoms with Crippen LogP contribution in [0, 0.1) is 10.1 Å². The number of aromatic nitrogens is 3. The fraction of sp³-hybridized carbons (Fsp3) is 0.579. The lowest BCUT2D eigenvalue weighted by atomic mass is 9.96. The Bertz CT molecular complexity index is 912. The Morgan fingerprint density at radius 3 is 2.69 bits per heavy atom. The van der Waals surface area contributed by atoms with E-state index in [4.69, 9.17) is 0 Å². The van der Waals surface area contributed by atoms with E-state index in [1.54, 1.807) is 0 Å². The summed E-state index contributed by atoms with van der Waals surface area (Å²) in [5.41, 5.74) is -1.30. The molecule has 3 heterocycles. The first kappa shape index (κ1) is 19.7. The van der Waals surface area contributed by atoms with Crippen LogP contribution < -0.4 is 4.90 Å². The van der Waals surface area contributed by atoms with Crippen LogP contribution in [0.2, 0.25) is 0 Å². The maximum atomic E-state index is 13.0. The average Bonchev–Trinajstić information content (AvgIpc) is 2.95. The standard InChI is InChI=1S/C19H22F3N5O2/c20-19(21,22)14-7-8-15(16(11-14)27(28)29)25-9-4-5-13(12-25)18-24-23-17-6-2-1-3-10-26(17)18/h7-8,11,13H,1-6,9-10,12H2/t13-/m1/s1. The van der Waals surface area contributed by atoms with Crippen LogP contribution in [0.3, 0.4) is 0 Å². The number of rotatable bonds is 3. The first-order valence-corrected chi connectivity index (χ1v) is 9.87. The molecule has 4 rings (SSSR count). The number of nitro groups is 1. The minimum absolute atomic E-state index is 0.0463. The van der Waals surface area contributed by atoms with E-state index in [2.05, 4.69) is 14.8 Å². The number of nitrogens with zero attached hydrogens (tertiary/aromatic N) is 5. The van der Waals surface area contributed by atoms with E-state index in [9.17, 15) is 23.3 Å². The molecule has 10 heteroatoms. The molecule has 0 amide bonds. The van der Waals surface area contributed by atoms with Crippen molar-refractivity contribution >= 4 is 11.4 Å². The van der Waals surface area contributed by atoms with Gasteiger partial charge in [0.25, 0.3) is 5.69 Å². The van der Waals surface area contributed by atoms with Gasteiger partial charge in [-0.15, -0.1) is 10.2 Å². The van der Waals surface area contributed by atoms with Crippen LogP contribution in [-0.2, 0) is 19.1 Å². The lowest BCUT2D eigenvalue weighted by molar-refractivity contribution is -0.384. The maximum absolute atomic E-state index is 13.0. The number of benzene rings is 1. The fourth-order valence-electron chi connectivity index (χ4n) is 4.33. The van der Waals surface area contributed by atoms with E-state index < -0.39 is 22.4 Å². The van der Waals surface area contributed by atoms with Gasteiger partial charge in [0.05, 0.1) is 10.5 Å². The lowest BCUT2D eigenvalue weighted by Gasteiger charge is -2.34. The van der Waals surface area contributed by atoms with Crippen molar-refractivity contribution in [1.29, 1.82) is 0 Å². The van der Waals surface area contributed by atoms with Crippen LogP contribution in [0.5, 0.6) is 0 Å². The number of halogens is 3. The van der Waals surface area contributed by atoms with Gasteiger partial charge in [-0.1, -0.05) is 6.42 Å². The Labute approximate surface area is 165 Å². The Kier molecular flexibility index (Phi) is 5.18. The molecule has 7 nitrogen and oxygen atoms in total. The van der Waals surface area contributed by atoms with Crippen LogP contribution >= 0.6 is 0 Å². The van der Waals surface area contributed by atoms with Crippen molar-refractivity contribution in [2.24, 2.45) is 0 Å². The van der Waals surface area contributed by atoms with E-state index in [1.165, 1.54) is 6.07 Å². The molecule has 0 N–H and O–H groups in total. The third-order valence-electron chi connectivity index (χ3n) is 5.76. The Hall–Kier alpha value is -2.65. The summed E-state index contributed by atoms with van der Waals surface area (Å²) in [6.07, 6.45) is 1.25. The first-order valence-electron chi connectivity index (χ1n) is 9.87. The summed E-state index contributed by atoms with van der Waals surface area (Å²) in [7, 11) is 0. The van der Waals surface area contributed by atoms with Crippen LogP contribution in [0.1, 0.15) is 55.2 Å². The van der Waals surface area contributed by atoms with E-state index in [0.717, 1.165) is 62.8 Å². The number of aryl methyl sites for hydroxylation is 1. The molecule has 0 aliphatic carbocycles. The SMILES string of the molecule is O=[N+]([O-])c1cc(C(F)(F)F)ccc1N1CCC[C@@H](c2nnc3n2CCCCC3)C1. The molecule has 0 unspecified atom stereocenters. The second-order valence-electron chi connectivity index (χ2n) is 7.68. The zero-order valence-electron chi connectivity index (χ0n) is 15.9. The summed E-state index contributed by atoms with van der Waals surface area (Å²) >= 11 is 0. The monoisotopic (exact) mass is 409 g/mol. The molecule has 1 aromatic carbocycles. The van der Waals surface area contributed by atoms with Crippen molar-refractivity contribution in [1.82, 2.24) is 14.8 Å². The van der Waals surface area contributed by atoms with Gasteiger partial charge in [0.2, 0.25) is 0 Å². The molecule has 0 bridgehead atoms. The molecule has 29 heavy (non-hydrogen) atoms. The number of hydrogen-bond acceptors (Lipinski definition) is 5. The molecule has 2 aliphatic rings. The summed E-state index contributed by atoms with van der Waals surface area (Å²) in [5, 5.41) is 20.2. The number of fused-ring (bicyclic) bond motifs is 1. The quantitative estimate of drug-likeness (QED) is 0.558. The molecule has 1 fully saturated rings. The fourth-order valence-corrected chi connectivity index (χ4v) is 4.33. The molecule has 1 aromatic heterocycles. The van der Waals surface area contributed by atoms with E-state index in [0.29, 0.717) is 19.2 Å². The van der Waals surface area contributed by atoms with Crippen LogP contribution in [0.15, 0.2) is 18.2 Å². The minimum Gasteiger partial charge on any atom is -0.365 e. The summed E-state index contributed by atoms with van der Waals surface area (Å²) in [6.45, 7) is 1.91. The smallest absolute Gasteiger partial charge is 0.365 e. The number of anilines is 1. The average molecular weight is 409 g/mol. The highest BCUT2D eigenvalue weighted by atomic mass is 19.4. The number of alkyl halides is 3. The number of nitro benzene ring substituents is 1. The van der Waals surface area contributed by atoms with E-state index in [1.807, 2.05) is 4.90 Å². The second-order valence-corrected chi connectivity index (χ2v) is 7.68. The predicted octanol–water partition coefficient (Wildman–Crippen LogP) is 4.32. The van der Waals surface area contributed by atoms with Gasteiger partial charge in [0.15, 0.2) is 0 Å². The number of piperidine rings is 1. The van der Waals surface area contributed by atoms with Crippen molar-refractivity contribution in [2.45, 2.75) is 57.2 Å². The van der Waals surface area contributed by atoms with Crippen LogP contribution in [0.4, 0.5) is 24.5 Å². The Morgan fingerprint density at radius 1 is 1.10 bits per heavy atom. The van der Waals surface area contributed by atoms with Gasteiger partial charge in [-0.3, -0.25) is 10.1 Å². The summed E-state index contributed by atoms with van der Waals surface area (Å²) in [6, 6.07) is 2.75. The highest BCUT2D eigenvalue weighted by Crippen LogP contribution is 2.39. The van der Waals surface area contributed by atoms with E-state index >= 15 is 0 Å². The third kappa shape index (κ3) is 3.92.